The summed E-state index contributed by atoms with van der Waals surface area (Å²) in [5, 5.41) is 0. The zero-order valence-electron chi connectivity index (χ0n) is 16.1. The molecule has 5 nitrogen and oxygen atoms in total. The summed E-state index contributed by atoms with van der Waals surface area (Å²) in [6.07, 6.45) is -3.79. The van der Waals surface area contributed by atoms with Crippen LogP contribution in [0.25, 0.3) is 0 Å². The van der Waals surface area contributed by atoms with Crippen molar-refractivity contribution in [1.82, 2.24) is 4.90 Å². The molecule has 0 spiro atoms. The first-order chi connectivity index (χ1) is 13.2. The summed E-state index contributed by atoms with van der Waals surface area (Å²) < 4.78 is 44.5. The Labute approximate surface area is 162 Å². The lowest BCUT2D eigenvalue weighted by Crippen LogP contribution is -2.50. The molecule has 2 aliphatic rings. The molecule has 3 rings (SSSR count). The van der Waals surface area contributed by atoms with Gasteiger partial charge in [0.25, 0.3) is 0 Å². The number of halogens is 3. The van der Waals surface area contributed by atoms with Crippen molar-refractivity contribution in [3.8, 4) is 0 Å². The van der Waals surface area contributed by atoms with Gasteiger partial charge in [0.2, 0.25) is 11.8 Å². The Balaban J connectivity index is 1.77. The van der Waals surface area contributed by atoms with Crippen LogP contribution in [0.3, 0.4) is 0 Å². The standard InChI is InChI=1S/C20H25F3N2O3/c1-13-3-4-17(9-14(13)2)24-11-15(10-18(24)26)19(27)25(12-20(21,22)23)16-5-7-28-8-6-16/h3-4,9,15-16H,5-8,10-12H2,1-2H3. The summed E-state index contributed by atoms with van der Waals surface area (Å²) in [5.41, 5.74) is 2.77. The molecule has 0 bridgehead atoms. The maximum Gasteiger partial charge on any atom is 0.406 e. The van der Waals surface area contributed by atoms with Gasteiger partial charge >= 0.3 is 6.18 Å². The Bertz CT molecular complexity index is 745. The highest BCUT2D eigenvalue weighted by molar-refractivity contribution is 6.00. The topological polar surface area (TPSA) is 49.9 Å². The lowest BCUT2D eigenvalue weighted by atomic mass is 10.0. The van der Waals surface area contributed by atoms with E-state index in [1.165, 1.54) is 4.90 Å². The monoisotopic (exact) mass is 398 g/mol. The summed E-state index contributed by atoms with van der Waals surface area (Å²) in [4.78, 5) is 27.9. The fraction of sp³-hybridized carbons (Fsp3) is 0.600. The summed E-state index contributed by atoms with van der Waals surface area (Å²) >= 11 is 0. The molecule has 0 N–H and O–H groups in total. The third-order valence-corrected chi connectivity index (χ3v) is 5.54. The summed E-state index contributed by atoms with van der Waals surface area (Å²) in [6.45, 7) is 3.39. The second-order valence-corrected chi connectivity index (χ2v) is 7.60. The maximum absolute atomic E-state index is 13.1. The number of amides is 2. The number of anilines is 1. The molecule has 8 heteroatoms. The van der Waals surface area contributed by atoms with Crippen LogP contribution in [0.4, 0.5) is 18.9 Å². The van der Waals surface area contributed by atoms with Crippen LogP contribution in [0.15, 0.2) is 18.2 Å². The van der Waals surface area contributed by atoms with Gasteiger partial charge in [0.05, 0.1) is 5.92 Å². The van der Waals surface area contributed by atoms with E-state index < -0.39 is 30.6 Å². The highest BCUT2D eigenvalue weighted by atomic mass is 19.4. The molecule has 2 aliphatic heterocycles. The first-order valence-electron chi connectivity index (χ1n) is 9.48. The van der Waals surface area contributed by atoms with Crippen molar-refractivity contribution >= 4 is 17.5 Å². The number of carbonyl (C=O) groups is 2. The maximum atomic E-state index is 13.1. The zero-order valence-corrected chi connectivity index (χ0v) is 16.1. The highest BCUT2D eigenvalue weighted by Gasteiger charge is 2.43. The Morgan fingerprint density at radius 2 is 1.89 bits per heavy atom. The van der Waals surface area contributed by atoms with E-state index in [-0.39, 0.29) is 18.9 Å². The molecule has 2 saturated heterocycles. The van der Waals surface area contributed by atoms with E-state index in [1.807, 2.05) is 26.0 Å². The van der Waals surface area contributed by atoms with Crippen molar-refractivity contribution < 1.29 is 27.5 Å². The fourth-order valence-electron chi connectivity index (χ4n) is 3.83. The van der Waals surface area contributed by atoms with Crippen LogP contribution in [0.2, 0.25) is 0 Å². The third-order valence-electron chi connectivity index (χ3n) is 5.54. The minimum absolute atomic E-state index is 0.0661. The van der Waals surface area contributed by atoms with Gasteiger partial charge in [-0.1, -0.05) is 6.07 Å². The van der Waals surface area contributed by atoms with Gasteiger partial charge in [-0.15, -0.1) is 0 Å². The quantitative estimate of drug-likeness (QED) is 0.783. The van der Waals surface area contributed by atoms with Crippen LogP contribution in [0.1, 0.15) is 30.4 Å². The number of hydrogen-bond acceptors (Lipinski definition) is 3. The Hall–Kier alpha value is -2.09. The van der Waals surface area contributed by atoms with Crippen LogP contribution >= 0.6 is 0 Å². The van der Waals surface area contributed by atoms with Crippen molar-refractivity contribution in [3.05, 3.63) is 29.3 Å². The molecule has 1 aromatic carbocycles. The minimum Gasteiger partial charge on any atom is -0.381 e. The van der Waals surface area contributed by atoms with Gasteiger partial charge in [0, 0.05) is 37.9 Å². The second-order valence-electron chi connectivity index (χ2n) is 7.60. The average molecular weight is 398 g/mol. The smallest absolute Gasteiger partial charge is 0.381 e. The molecular weight excluding hydrogens is 373 g/mol. The van der Waals surface area contributed by atoms with E-state index in [2.05, 4.69) is 0 Å². The van der Waals surface area contributed by atoms with Crippen LogP contribution < -0.4 is 4.90 Å². The molecule has 2 fully saturated rings. The molecule has 0 saturated carbocycles. The summed E-state index contributed by atoms with van der Waals surface area (Å²) in [5.74, 6) is -1.59. The molecule has 2 amide bonds. The third kappa shape index (κ3) is 4.66. The van der Waals surface area contributed by atoms with E-state index in [1.54, 1.807) is 6.07 Å². The predicted octanol–water partition coefficient (Wildman–Crippen LogP) is 3.23. The zero-order chi connectivity index (χ0) is 20.5. The SMILES string of the molecule is Cc1ccc(N2CC(C(=O)N(CC(F)(F)F)C3CCOCC3)CC2=O)cc1C. The number of carbonyl (C=O) groups excluding carboxylic acids is 2. The largest absolute Gasteiger partial charge is 0.406 e. The fourth-order valence-corrected chi connectivity index (χ4v) is 3.83. The van der Waals surface area contributed by atoms with Crippen LogP contribution in [0, 0.1) is 19.8 Å². The van der Waals surface area contributed by atoms with Crippen molar-refractivity contribution in [1.29, 1.82) is 0 Å². The molecule has 1 atom stereocenters. The van der Waals surface area contributed by atoms with Crippen LogP contribution in [-0.2, 0) is 14.3 Å². The number of hydrogen-bond donors (Lipinski definition) is 0. The van der Waals surface area contributed by atoms with E-state index in [4.69, 9.17) is 4.74 Å². The van der Waals surface area contributed by atoms with Gasteiger partial charge in [0.1, 0.15) is 6.54 Å². The number of ether oxygens (including phenoxy) is 1. The number of rotatable bonds is 4. The van der Waals surface area contributed by atoms with Crippen LogP contribution in [-0.4, -0.2) is 55.2 Å². The molecule has 1 aromatic rings. The molecule has 28 heavy (non-hydrogen) atoms. The van der Waals surface area contributed by atoms with Crippen molar-refractivity contribution in [2.24, 2.45) is 5.92 Å². The molecule has 154 valence electrons. The molecule has 1 unspecified atom stereocenters. The van der Waals surface area contributed by atoms with Gasteiger partial charge in [-0.05, 0) is 49.9 Å². The van der Waals surface area contributed by atoms with E-state index in [9.17, 15) is 22.8 Å². The predicted molar refractivity (Wildman–Crippen MR) is 98.0 cm³/mol. The Kier molecular flexibility index (Phi) is 5.98. The normalized spacial score (nSPS) is 21.2. The van der Waals surface area contributed by atoms with Crippen molar-refractivity contribution in [3.63, 3.8) is 0 Å². The molecule has 0 radical (unpaired) electrons. The average Bonchev–Trinajstić information content (AvgIpc) is 3.03. The van der Waals surface area contributed by atoms with E-state index >= 15 is 0 Å². The molecule has 0 aromatic heterocycles. The van der Waals surface area contributed by atoms with E-state index in [0.29, 0.717) is 31.7 Å². The summed E-state index contributed by atoms with van der Waals surface area (Å²) in [6, 6.07) is 5.06. The number of benzene rings is 1. The number of nitrogens with zero attached hydrogens (tertiary/aromatic N) is 2. The number of aryl methyl sites for hydroxylation is 2. The lowest BCUT2D eigenvalue weighted by Gasteiger charge is -2.36. The lowest BCUT2D eigenvalue weighted by molar-refractivity contribution is -0.171. The molecule has 2 heterocycles. The van der Waals surface area contributed by atoms with Gasteiger partial charge in [0.15, 0.2) is 0 Å². The Morgan fingerprint density at radius 1 is 1.21 bits per heavy atom. The second kappa shape index (κ2) is 8.11. The van der Waals surface area contributed by atoms with Gasteiger partial charge in [-0.2, -0.15) is 13.2 Å². The molecular formula is C20H25F3N2O3. The van der Waals surface area contributed by atoms with Crippen molar-refractivity contribution in [2.75, 3.05) is 31.2 Å². The van der Waals surface area contributed by atoms with Gasteiger partial charge in [-0.25, -0.2) is 0 Å². The van der Waals surface area contributed by atoms with Crippen molar-refractivity contribution in [2.45, 2.75) is 45.3 Å². The first kappa shape index (κ1) is 20.6. The van der Waals surface area contributed by atoms with Crippen LogP contribution in [0.5, 0.6) is 0 Å². The number of alkyl halides is 3. The van der Waals surface area contributed by atoms with Gasteiger partial charge in [-0.3, -0.25) is 9.59 Å². The Morgan fingerprint density at radius 3 is 2.50 bits per heavy atom. The first-order valence-corrected chi connectivity index (χ1v) is 9.48. The summed E-state index contributed by atoms with van der Waals surface area (Å²) in [7, 11) is 0. The van der Waals surface area contributed by atoms with E-state index in [0.717, 1.165) is 16.0 Å². The minimum atomic E-state index is -4.48. The van der Waals surface area contributed by atoms with Gasteiger partial charge < -0.3 is 14.5 Å². The highest BCUT2D eigenvalue weighted by Crippen LogP contribution is 2.30. The molecule has 0 aliphatic carbocycles.